The zero-order valence-electron chi connectivity index (χ0n) is 21.7. The summed E-state index contributed by atoms with van der Waals surface area (Å²) in [6.07, 6.45) is 2.49. The van der Waals surface area contributed by atoms with E-state index in [4.69, 9.17) is 9.47 Å². The minimum absolute atomic E-state index is 0.0238. The maximum Gasteiger partial charge on any atom is 0.298 e. The molecule has 0 unspecified atom stereocenters. The average Bonchev–Trinajstić information content (AvgIpc) is 3.22. The van der Waals surface area contributed by atoms with Gasteiger partial charge in [-0.1, -0.05) is 18.1 Å². The van der Waals surface area contributed by atoms with Gasteiger partial charge in [-0.2, -0.15) is 0 Å². The van der Waals surface area contributed by atoms with Crippen LogP contribution in [-0.4, -0.2) is 72.4 Å². The van der Waals surface area contributed by atoms with Crippen molar-refractivity contribution in [2.75, 3.05) is 27.7 Å². The third-order valence-electron chi connectivity index (χ3n) is 9.54. The fourth-order valence-electron chi connectivity index (χ4n) is 7.46. The van der Waals surface area contributed by atoms with Crippen molar-refractivity contribution in [3.8, 4) is 23.3 Å². The molecule has 2 aliphatic carbocycles. The number of piperidine rings is 1. The van der Waals surface area contributed by atoms with E-state index in [-0.39, 0.29) is 24.1 Å². The van der Waals surface area contributed by atoms with Gasteiger partial charge in [-0.15, -0.1) is 0 Å². The standard InChI is InChI=1S/C30H34N2O4/c1-18-6-7-20(16-19(18)2)8-11-25(33)32(4)22-12-13-30(34)24-17-21-9-10-23(35-5)27-26(21)29(30,28(22)36-27)14-15-31(24)3/h6-7,9-10,16,22,24,28,34H,12-15,17H2,1-5H3/t22-,24-,28+,29+,30-/m1/s1. The van der Waals surface area contributed by atoms with Crippen molar-refractivity contribution in [3.05, 3.63) is 58.1 Å². The van der Waals surface area contributed by atoms with E-state index in [0.29, 0.717) is 18.6 Å². The third-order valence-corrected chi connectivity index (χ3v) is 9.54. The quantitative estimate of drug-likeness (QED) is 0.662. The Hall–Kier alpha value is -3.01. The van der Waals surface area contributed by atoms with Gasteiger partial charge in [0, 0.05) is 30.1 Å². The number of ether oxygens (including phenoxy) is 2. The largest absolute Gasteiger partial charge is 0.493 e. The number of rotatable bonds is 2. The van der Waals surface area contributed by atoms with Crippen molar-refractivity contribution in [1.29, 1.82) is 0 Å². The van der Waals surface area contributed by atoms with Gasteiger partial charge < -0.3 is 24.4 Å². The van der Waals surface area contributed by atoms with Crippen LogP contribution in [0.25, 0.3) is 0 Å². The fourth-order valence-corrected chi connectivity index (χ4v) is 7.46. The van der Waals surface area contributed by atoms with Crippen molar-refractivity contribution in [2.24, 2.45) is 0 Å². The first-order valence-corrected chi connectivity index (χ1v) is 12.9. The van der Waals surface area contributed by atoms with Crippen LogP contribution in [-0.2, 0) is 16.6 Å². The van der Waals surface area contributed by atoms with Gasteiger partial charge in [-0.3, -0.25) is 4.79 Å². The molecule has 2 heterocycles. The summed E-state index contributed by atoms with van der Waals surface area (Å²) in [7, 11) is 5.59. The number of methoxy groups -OCH3 is 1. The molecule has 0 radical (unpaired) electrons. The molecule has 5 atom stereocenters. The van der Waals surface area contributed by atoms with E-state index in [1.807, 2.05) is 38.2 Å². The summed E-state index contributed by atoms with van der Waals surface area (Å²) in [5.74, 6) is 7.12. The number of aliphatic hydroxyl groups is 1. The molecule has 1 N–H and O–H groups in total. The van der Waals surface area contributed by atoms with Crippen LogP contribution >= 0.6 is 0 Å². The lowest BCUT2D eigenvalue weighted by Gasteiger charge is -2.64. The van der Waals surface area contributed by atoms with Crippen molar-refractivity contribution in [1.82, 2.24) is 9.80 Å². The zero-order valence-corrected chi connectivity index (χ0v) is 21.7. The molecule has 1 spiro atoms. The Morgan fingerprint density at radius 1 is 1.22 bits per heavy atom. The molecule has 36 heavy (non-hydrogen) atoms. The minimum Gasteiger partial charge on any atom is -0.493 e. The van der Waals surface area contributed by atoms with Crippen LogP contribution in [0.15, 0.2) is 30.3 Å². The van der Waals surface area contributed by atoms with Gasteiger partial charge in [-0.05, 0) is 88.0 Å². The second-order valence-corrected chi connectivity index (χ2v) is 11.1. The summed E-state index contributed by atoms with van der Waals surface area (Å²) in [6.45, 7) is 4.99. The molecule has 1 amide bonds. The van der Waals surface area contributed by atoms with Crippen LogP contribution in [0.4, 0.5) is 0 Å². The van der Waals surface area contributed by atoms with E-state index in [9.17, 15) is 9.90 Å². The van der Waals surface area contributed by atoms with Crippen LogP contribution < -0.4 is 9.47 Å². The maximum atomic E-state index is 13.3. The number of nitrogens with zero attached hydrogens (tertiary/aromatic N) is 2. The van der Waals surface area contributed by atoms with Gasteiger partial charge in [0.2, 0.25) is 0 Å². The lowest BCUT2D eigenvalue weighted by molar-refractivity contribution is -0.195. The number of hydrogen-bond acceptors (Lipinski definition) is 5. The number of hydrogen-bond donors (Lipinski definition) is 1. The molecule has 4 aliphatic rings. The Morgan fingerprint density at radius 3 is 2.78 bits per heavy atom. The molecule has 6 nitrogen and oxygen atoms in total. The second-order valence-electron chi connectivity index (χ2n) is 11.1. The number of likely N-dealkylation sites (tertiary alicyclic amines) is 1. The summed E-state index contributed by atoms with van der Waals surface area (Å²) in [5.41, 5.74) is 4.03. The van der Waals surface area contributed by atoms with Crippen LogP contribution in [0.2, 0.25) is 0 Å². The fraction of sp³-hybridized carbons (Fsp3) is 0.500. The number of amides is 1. The van der Waals surface area contributed by atoms with Gasteiger partial charge in [0.25, 0.3) is 5.91 Å². The molecule has 2 aliphatic heterocycles. The van der Waals surface area contributed by atoms with Crippen molar-refractivity contribution < 1.29 is 19.4 Å². The number of likely N-dealkylation sites (N-methyl/N-ethyl adjacent to an activating group) is 2. The minimum atomic E-state index is -0.916. The highest BCUT2D eigenvalue weighted by Gasteiger charge is 2.73. The van der Waals surface area contributed by atoms with Crippen LogP contribution in [0.1, 0.15) is 47.1 Å². The van der Waals surface area contributed by atoms with Crippen molar-refractivity contribution >= 4 is 5.91 Å². The molecule has 2 fully saturated rings. The van der Waals surface area contributed by atoms with E-state index >= 15 is 0 Å². The molecule has 1 saturated carbocycles. The lowest BCUT2D eigenvalue weighted by atomic mass is 9.48. The van der Waals surface area contributed by atoms with Gasteiger partial charge in [0.05, 0.1) is 24.2 Å². The normalized spacial score (nSPS) is 31.6. The van der Waals surface area contributed by atoms with Crippen LogP contribution in [0.5, 0.6) is 11.5 Å². The summed E-state index contributed by atoms with van der Waals surface area (Å²) < 4.78 is 12.4. The van der Waals surface area contributed by atoms with Crippen molar-refractivity contribution in [2.45, 2.75) is 68.7 Å². The van der Waals surface area contributed by atoms with Crippen LogP contribution in [0.3, 0.4) is 0 Å². The predicted octanol–water partition coefficient (Wildman–Crippen LogP) is 2.97. The Balaban J connectivity index is 1.39. The molecule has 6 rings (SSSR count). The lowest BCUT2D eigenvalue weighted by Crippen LogP contribution is -2.77. The SMILES string of the molecule is COc1ccc2c3c1O[C@H]1[C@H](N(C)C(=O)C#Cc4ccc(C)c(C)c4)CC[C@@]4(O)[C@@H](C2)N(C)CC[C@]314. The maximum absolute atomic E-state index is 13.3. The Kier molecular flexibility index (Phi) is 5.19. The van der Waals surface area contributed by atoms with E-state index in [2.05, 4.69) is 36.8 Å². The highest BCUT2D eigenvalue weighted by molar-refractivity contribution is 5.94. The Morgan fingerprint density at radius 2 is 2.03 bits per heavy atom. The molecule has 2 aromatic carbocycles. The number of carbonyl (C=O) groups is 1. The summed E-state index contributed by atoms with van der Waals surface area (Å²) >= 11 is 0. The Labute approximate surface area is 213 Å². The molecule has 0 aromatic heterocycles. The Bertz CT molecular complexity index is 1330. The van der Waals surface area contributed by atoms with Gasteiger partial charge in [0.15, 0.2) is 11.5 Å². The van der Waals surface area contributed by atoms with E-state index in [0.717, 1.165) is 41.8 Å². The highest BCUT2D eigenvalue weighted by Crippen LogP contribution is 2.65. The van der Waals surface area contributed by atoms with E-state index < -0.39 is 11.0 Å². The monoisotopic (exact) mass is 486 g/mol. The van der Waals surface area contributed by atoms with Gasteiger partial charge >= 0.3 is 0 Å². The van der Waals surface area contributed by atoms with Crippen molar-refractivity contribution in [3.63, 3.8) is 0 Å². The van der Waals surface area contributed by atoms with Crippen LogP contribution in [0, 0.1) is 25.7 Å². The van der Waals surface area contributed by atoms with Gasteiger partial charge in [-0.25, -0.2) is 0 Å². The summed E-state index contributed by atoms with van der Waals surface area (Å²) in [6, 6.07) is 9.93. The molecule has 2 aromatic rings. The summed E-state index contributed by atoms with van der Waals surface area (Å²) in [5, 5.41) is 12.4. The second kappa shape index (κ2) is 7.99. The zero-order chi connectivity index (χ0) is 25.4. The topological polar surface area (TPSA) is 62.2 Å². The molecule has 6 heteroatoms. The molecular formula is C30H34N2O4. The highest BCUT2D eigenvalue weighted by atomic mass is 16.5. The first-order valence-electron chi connectivity index (χ1n) is 12.9. The third kappa shape index (κ3) is 2.96. The number of benzene rings is 2. The summed E-state index contributed by atoms with van der Waals surface area (Å²) in [4.78, 5) is 17.4. The number of carbonyl (C=O) groups excluding carboxylic acids is 1. The first kappa shape index (κ1) is 23.4. The van der Waals surface area contributed by atoms with Gasteiger partial charge in [0.1, 0.15) is 6.10 Å². The average molecular weight is 487 g/mol. The predicted molar refractivity (Wildman–Crippen MR) is 137 cm³/mol. The molecule has 188 valence electrons. The first-order chi connectivity index (χ1) is 17.2. The molecular weight excluding hydrogens is 452 g/mol. The number of aryl methyl sites for hydroxylation is 2. The molecule has 1 saturated heterocycles. The smallest absolute Gasteiger partial charge is 0.298 e. The van der Waals surface area contributed by atoms with E-state index in [1.54, 1.807) is 12.0 Å². The molecule has 2 bridgehead atoms. The van der Waals surface area contributed by atoms with E-state index in [1.165, 1.54) is 11.1 Å².